The van der Waals surface area contributed by atoms with Crippen molar-refractivity contribution in [1.82, 2.24) is 0 Å². The second-order valence-corrected chi connectivity index (χ2v) is 21.9. The topological polar surface area (TPSA) is 132 Å². The summed E-state index contributed by atoms with van der Waals surface area (Å²) in [4.78, 5) is 26.6. The highest BCUT2D eigenvalue weighted by Crippen LogP contribution is 2.40. The first kappa shape index (κ1) is 51.2. The first-order chi connectivity index (χ1) is 26.7. The van der Waals surface area contributed by atoms with Crippen LogP contribution in [0.4, 0.5) is 0 Å². The zero-order valence-corrected chi connectivity index (χ0v) is 39.1. The molecule has 12 atom stereocenters. The predicted molar refractivity (Wildman–Crippen MR) is 227 cm³/mol. The summed E-state index contributed by atoms with van der Waals surface area (Å²) in [6.45, 7) is 30.6. The van der Waals surface area contributed by atoms with E-state index in [-0.39, 0.29) is 36.4 Å². The Labute approximate surface area is 346 Å². The summed E-state index contributed by atoms with van der Waals surface area (Å²) in [5.74, 6) is -1.04. The van der Waals surface area contributed by atoms with Crippen molar-refractivity contribution in [3.05, 3.63) is 36.0 Å². The summed E-state index contributed by atoms with van der Waals surface area (Å²) in [6.07, 6.45) is 8.64. The normalized spacial score (nSPS) is 30.4. The van der Waals surface area contributed by atoms with E-state index in [2.05, 4.69) is 27.7 Å². The van der Waals surface area contributed by atoms with Crippen LogP contribution in [0.5, 0.6) is 0 Å². The molecule has 1 N–H and O–H groups in total. The Hall–Kier alpha value is -1.90. The number of hydrogen-bond acceptors (Lipinski definition) is 11. The summed E-state index contributed by atoms with van der Waals surface area (Å²) in [5.41, 5.74) is -0.549. The van der Waals surface area contributed by atoms with Gasteiger partial charge in [0.15, 0.2) is 20.9 Å². The van der Waals surface area contributed by atoms with E-state index >= 15 is 0 Å². The van der Waals surface area contributed by atoms with Crippen LogP contribution in [0.25, 0.3) is 0 Å². The second-order valence-electron chi connectivity index (χ2n) is 16.9. The minimum atomic E-state index is -2.23. The number of ether oxygens (including phenoxy) is 7. The van der Waals surface area contributed by atoms with E-state index in [1.54, 1.807) is 0 Å². The van der Waals surface area contributed by atoms with Crippen LogP contribution in [-0.4, -0.2) is 99.0 Å². The molecule has 2 rings (SSSR count). The molecule has 0 aromatic rings. The summed E-state index contributed by atoms with van der Waals surface area (Å²) in [7, 11) is -2.23. The van der Waals surface area contributed by atoms with E-state index in [0.29, 0.717) is 44.4 Å². The van der Waals surface area contributed by atoms with E-state index < -0.39 is 62.5 Å². The maximum atomic E-state index is 14.0. The van der Waals surface area contributed by atoms with E-state index in [9.17, 15) is 14.7 Å². The standard InChI is InChI=1S/C45H80O11Si/c1-16-38(47)33(10)43-39(52-43)29-44(14,54-35(12)49-17-2)26-21-22-31(8)42-32(9)23-24-40(51-34(11)46)45(15,55-36(13)50-18-3)27-25-37(28-41(48)53-42)56-57(19-4,20-5)30(6)7/h21-24,26,30,32-33,35-40,42-43,47H,16-20,25,27-29H2,1-15H3/b24-23+,26-21+,31-22+. The molecule has 1 saturated heterocycles. The lowest BCUT2D eigenvalue weighted by molar-refractivity contribution is -0.227. The van der Waals surface area contributed by atoms with Crippen LogP contribution in [0.15, 0.2) is 36.0 Å². The first-order valence-electron chi connectivity index (χ1n) is 21.7. The van der Waals surface area contributed by atoms with Crippen molar-refractivity contribution in [3.63, 3.8) is 0 Å². The van der Waals surface area contributed by atoms with Gasteiger partial charge in [-0.25, -0.2) is 0 Å². The van der Waals surface area contributed by atoms with Crippen LogP contribution in [0, 0.1) is 11.8 Å². The van der Waals surface area contributed by atoms with Crippen LogP contribution in [-0.2, 0) is 47.2 Å². The molecule has 0 radical (unpaired) electrons. The highest BCUT2D eigenvalue weighted by Gasteiger charge is 2.48. The number of esters is 2. The number of aliphatic hydroxyl groups excluding tert-OH is 1. The van der Waals surface area contributed by atoms with Crippen LogP contribution < -0.4 is 0 Å². The third kappa shape index (κ3) is 15.9. The molecule has 2 aliphatic rings. The number of carbonyl (C=O) groups is 2. The van der Waals surface area contributed by atoms with Crippen molar-refractivity contribution in [3.8, 4) is 0 Å². The lowest BCUT2D eigenvalue weighted by atomic mass is 9.88. The second kappa shape index (κ2) is 23.8. The lowest BCUT2D eigenvalue weighted by Gasteiger charge is -2.41. The molecule has 12 heteroatoms. The Morgan fingerprint density at radius 2 is 1.67 bits per heavy atom. The molecule has 1 fully saturated rings. The van der Waals surface area contributed by atoms with Gasteiger partial charge in [0.05, 0.1) is 36.4 Å². The average Bonchev–Trinajstić information content (AvgIpc) is 3.90. The van der Waals surface area contributed by atoms with Gasteiger partial charge >= 0.3 is 11.9 Å². The number of epoxide rings is 1. The molecule has 0 aliphatic carbocycles. The number of allylic oxidation sites excluding steroid dienone is 2. The van der Waals surface area contributed by atoms with Crippen molar-refractivity contribution < 1.29 is 52.3 Å². The Bertz CT molecular complexity index is 1310. The molecule has 2 heterocycles. The van der Waals surface area contributed by atoms with Gasteiger partial charge in [-0.2, -0.15) is 0 Å². The number of cyclic esters (lactones) is 1. The van der Waals surface area contributed by atoms with E-state index in [1.807, 2.05) is 99.6 Å². The fourth-order valence-electron chi connectivity index (χ4n) is 8.26. The van der Waals surface area contributed by atoms with Crippen molar-refractivity contribution in [2.24, 2.45) is 11.8 Å². The smallest absolute Gasteiger partial charge is 0.308 e. The summed E-state index contributed by atoms with van der Waals surface area (Å²) in [6, 6.07) is 1.85. The van der Waals surface area contributed by atoms with Crippen LogP contribution in [0.3, 0.4) is 0 Å². The molecule has 57 heavy (non-hydrogen) atoms. The van der Waals surface area contributed by atoms with E-state index in [4.69, 9.17) is 37.6 Å². The van der Waals surface area contributed by atoms with Gasteiger partial charge in [-0.15, -0.1) is 0 Å². The number of carbonyl (C=O) groups excluding carboxylic acids is 2. The first-order valence-corrected chi connectivity index (χ1v) is 24.1. The number of rotatable bonds is 22. The fourth-order valence-corrected chi connectivity index (χ4v) is 11.9. The van der Waals surface area contributed by atoms with Gasteiger partial charge in [-0.3, -0.25) is 9.59 Å². The molecule has 2 aliphatic heterocycles. The molecule has 330 valence electrons. The minimum absolute atomic E-state index is 0.0148. The zero-order chi connectivity index (χ0) is 43.1. The monoisotopic (exact) mass is 825 g/mol. The number of aliphatic hydroxyl groups is 1. The van der Waals surface area contributed by atoms with Crippen molar-refractivity contribution in [1.29, 1.82) is 0 Å². The predicted octanol–water partition coefficient (Wildman–Crippen LogP) is 9.37. The molecular formula is C45H80O11Si. The van der Waals surface area contributed by atoms with Gasteiger partial charge < -0.3 is 42.7 Å². The fraction of sp³-hybridized carbons (Fsp3) is 0.822. The zero-order valence-electron chi connectivity index (χ0n) is 38.1. The molecule has 0 aromatic carbocycles. The van der Waals surface area contributed by atoms with Crippen molar-refractivity contribution in [2.75, 3.05) is 13.2 Å². The van der Waals surface area contributed by atoms with E-state index in [1.165, 1.54) is 6.92 Å². The van der Waals surface area contributed by atoms with Gasteiger partial charge in [0, 0.05) is 38.4 Å². The molecular weight excluding hydrogens is 745 g/mol. The van der Waals surface area contributed by atoms with Crippen LogP contribution >= 0.6 is 0 Å². The summed E-state index contributed by atoms with van der Waals surface area (Å²) < 4.78 is 50.1. The lowest BCUT2D eigenvalue weighted by Crippen LogP contribution is -2.48. The summed E-state index contributed by atoms with van der Waals surface area (Å²) >= 11 is 0. The summed E-state index contributed by atoms with van der Waals surface area (Å²) in [5, 5.41) is 10.4. The van der Waals surface area contributed by atoms with Crippen LogP contribution in [0.2, 0.25) is 17.6 Å². The molecule has 0 spiro atoms. The minimum Gasteiger partial charge on any atom is -0.457 e. The van der Waals surface area contributed by atoms with Gasteiger partial charge in [0.1, 0.15) is 17.8 Å². The van der Waals surface area contributed by atoms with Gasteiger partial charge in [-0.05, 0) is 97.0 Å². The molecule has 11 nitrogen and oxygen atoms in total. The van der Waals surface area contributed by atoms with Gasteiger partial charge in [0.2, 0.25) is 0 Å². The van der Waals surface area contributed by atoms with E-state index in [0.717, 1.165) is 17.7 Å². The SMILES string of the molecule is CCOC(C)OC(C)(/C=C/C=C(\C)C1OC(=O)CC(O[Si](CC)(CC)C(C)C)CCC(C)(OC(C)OCC)C(OC(C)=O)/C=C/C1C)CC1OC1C(C)C(O)CC. The molecule has 0 amide bonds. The number of hydrogen-bond donors (Lipinski definition) is 1. The average molecular weight is 825 g/mol. The Kier molecular flexibility index (Phi) is 21.4. The Morgan fingerprint density at radius 1 is 1.04 bits per heavy atom. The molecule has 12 unspecified atom stereocenters. The molecule has 0 aromatic heterocycles. The largest absolute Gasteiger partial charge is 0.457 e. The van der Waals surface area contributed by atoms with Crippen molar-refractivity contribution in [2.45, 2.75) is 214 Å². The van der Waals surface area contributed by atoms with Gasteiger partial charge in [-0.1, -0.05) is 72.8 Å². The molecule has 0 bridgehead atoms. The maximum Gasteiger partial charge on any atom is 0.308 e. The Balaban J connectivity index is 2.59. The maximum absolute atomic E-state index is 14.0. The van der Waals surface area contributed by atoms with Gasteiger partial charge in [0.25, 0.3) is 0 Å². The Morgan fingerprint density at radius 3 is 2.23 bits per heavy atom. The quantitative estimate of drug-likeness (QED) is 0.0280. The van der Waals surface area contributed by atoms with Crippen molar-refractivity contribution >= 4 is 20.3 Å². The molecule has 0 saturated carbocycles. The highest BCUT2D eigenvalue weighted by molar-refractivity contribution is 6.75. The third-order valence-electron chi connectivity index (χ3n) is 11.9. The highest BCUT2D eigenvalue weighted by atomic mass is 28.4. The third-order valence-corrected chi connectivity index (χ3v) is 17.2. The van der Waals surface area contributed by atoms with Crippen LogP contribution in [0.1, 0.15) is 136 Å².